The Morgan fingerprint density at radius 2 is 1.16 bits per heavy atom. The van der Waals surface area contributed by atoms with Gasteiger partial charge in [-0.2, -0.15) is 44.6 Å². The van der Waals surface area contributed by atoms with Crippen molar-refractivity contribution in [1.29, 1.82) is 0 Å². The van der Waals surface area contributed by atoms with Crippen LogP contribution in [0.15, 0.2) is 36.9 Å². The van der Waals surface area contributed by atoms with Crippen molar-refractivity contribution in [1.82, 2.24) is 24.6 Å². The molecule has 2 atom stereocenters. The highest BCUT2D eigenvalue weighted by Crippen LogP contribution is 2.33. The molecule has 2 aromatic rings. The van der Waals surface area contributed by atoms with E-state index >= 15 is 0 Å². The third kappa shape index (κ3) is 13.3. The van der Waals surface area contributed by atoms with Crippen molar-refractivity contribution in [2.45, 2.75) is 56.5 Å². The molecule has 0 unspecified atom stereocenters. The molecule has 2 saturated heterocycles. The van der Waals surface area contributed by atoms with Crippen molar-refractivity contribution >= 4 is 17.9 Å². The summed E-state index contributed by atoms with van der Waals surface area (Å²) in [7, 11) is 1.99. The normalized spacial score (nSPS) is 18.7. The lowest BCUT2D eigenvalue weighted by atomic mass is 10.1. The Labute approximate surface area is 237 Å². The van der Waals surface area contributed by atoms with Gasteiger partial charge in [0.1, 0.15) is 0 Å². The lowest BCUT2D eigenvalue weighted by Crippen LogP contribution is -2.35. The number of rotatable bonds is 4. The molecule has 11 nitrogen and oxygen atoms in total. The van der Waals surface area contributed by atoms with E-state index in [0.717, 1.165) is 13.1 Å². The number of carbonyl (C=O) groups is 3. The summed E-state index contributed by atoms with van der Waals surface area (Å²) in [5, 5.41) is 25.7. The average molecular weight is 639 g/mol. The summed E-state index contributed by atoms with van der Waals surface area (Å²) in [6.45, 7) is 4.48. The summed E-state index contributed by atoms with van der Waals surface area (Å²) in [4.78, 5) is 36.2. The number of alkyl halides is 9. The molecule has 0 aliphatic carbocycles. The van der Waals surface area contributed by atoms with Gasteiger partial charge in [0, 0.05) is 69.5 Å². The number of likely N-dealkylation sites (tertiary alicyclic amines) is 2. The fourth-order valence-corrected chi connectivity index (χ4v) is 4.07. The maximum Gasteiger partial charge on any atom is 0.490 e. The minimum atomic E-state index is -5.08. The molecule has 2 aliphatic rings. The Bertz CT molecular complexity index is 1130. The number of carboxylic acid groups (broad SMARTS) is 3. The lowest BCUT2D eigenvalue weighted by molar-refractivity contribution is -0.193. The van der Waals surface area contributed by atoms with Crippen LogP contribution in [0.4, 0.5) is 39.5 Å². The number of halogens is 9. The number of hydrogen-bond acceptors (Lipinski definition) is 7. The zero-order valence-corrected chi connectivity index (χ0v) is 22.1. The average Bonchev–Trinajstić information content (AvgIpc) is 3.58. The second kappa shape index (κ2) is 15.5. The van der Waals surface area contributed by atoms with E-state index in [-0.39, 0.29) is 0 Å². The maximum absolute atomic E-state index is 10.6. The lowest BCUT2D eigenvalue weighted by Gasteiger charge is -2.25. The Hall–Kier alpha value is -3.94. The third-order valence-electron chi connectivity index (χ3n) is 5.79. The minimum Gasteiger partial charge on any atom is -0.475 e. The highest BCUT2D eigenvalue weighted by molar-refractivity contribution is 5.73. The molecule has 2 aliphatic heterocycles. The minimum absolute atomic E-state index is 0.705. The van der Waals surface area contributed by atoms with Crippen LogP contribution in [-0.4, -0.2) is 101 Å². The zero-order valence-electron chi connectivity index (χ0n) is 22.1. The van der Waals surface area contributed by atoms with E-state index in [1.165, 1.54) is 37.1 Å². The highest BCUT2D eigenvalue weighted by Gasteiger charge is 2.42. The molecule has 0 aromatic carbocycles. The van der Waals surface area contributed by atoms with E-state index < -0.39 is 36.4 Å². The van der Waals surface area contributed by atoms with Gasteiger partial charge in [-0.05, 0) is 24.5 Å². The molecular weight excluding hydrogens is 613 g/mol. The second-order valence-electron chi connectivity index (χ2n) is 8.95. The first-order chi connectivity index (χ1) is 19.6. The predicted octanol–water partition coefficient (Wildman–Crippen LogP) is 3.56. The Balaban J connectivity index is 0.000000363. The van der Waals surface area contributed by atoms with Crippen molar-refractivity contribution < 1.29 is 69.2 Å². The summed E-state index contributed by atoms with van der Waals surface area (Å²) < 4.78 is 97.1. The van der Waals surface area contributed by atoms with E-state index in [9.17, 15) is 39.5 Å². The van der Waals surface area contributed by atoms with Crippen LogP contribution in [-0.2, 0) is 34.5 Å². The molecule has 0 radical (unpaired) electrons. The monoisotopic (exact) mass is 639 g/mol. The first-order valence-corrected chi connectivity index (χ1v) is 11.9. The van der Waals surface area contributed by atoms with Gasteiger partial charge >= 0.3 is 36.4 Å². The van der Waals surface area contributed by atoms with Gasteiger partial charge in [-0.15, -0.1) is 0 Å². The van der Waals surface area contributed by atoms with Crippen LogP contribution >= 0.6 is 0 Å². The molecular formula is C23H26F9N5O6. The fourth-order valence-electron chi connectivity index (χ4n) is 4.07. The smallest absolute Gasteiger partial charge is 0.475 e. The Morgan fingerprint density at radius 3 is 1.47 bits per heavy atom. The number of nitrogens with zero attached hydrogens (tertiary/aromatic N) is 5. The van der Waals surface area contributed by atoms with E-state index in [1.54, 1.807) is 0 Å². The summed E-state index contributed by atoms with van der Waals surface area (Å²) in [6, 6.07) is 5.63. The van der Waals surface area contributed by atoms with Gasteiger partial charge in [0.15, 0.2) is 0 Å². The van der Waals surface area contributed by atoms with Gasteiger partial charge in [-0.3, -0.25) is 19.5 Å². The van der Waals surface area contributed by atoms with E-state index in [0.29, 0.717) is 12.1 Å². The number of fused-ring (bicyclic) bond motifs is 1. The van der Waals surface area contributed by atoms with Gasteiger partial charge < -0.3 is 15.3 Å². The van der Waals surface area contributed by atoms with Gasteiger partial charge in [0.25, 0.3) is 0 Å². The summed E-state index contributed by atoms with van der Waals surface area (Å²) in [6.07, 6.45) is -4.71. The predicted molar refractivity (Wildman–Crippen MR) is 126 cm³/mol. The number of aromatic nitrogens is 3. The summed E-state index contributed by atoms with van der Waals surface area (Å²) >= 11 is 0. The van der Waals surface area contributed by atoms with Gasteiger partial charge in [0.2, 0.25) is 0 Å². The molecule has 4 heterocycles. The molecule has 0 amide bonds. The van der Waals surface area contributed by atoms with Gasteiger partial charge in [-0.1, -0.05) is 6.07 Å². The molecule has 20 heteroatoms. The fraction of sp³-hybridized carbons (Fsp3) is 0.522. The molecule has 242 valence electrons. The van der Waals surface area contributed by atoms with E-state index in [1.807, 2.05) is 36.4 Å². The number of aliphatic carboxylic acids is 3. The number of aryl methyl sites for hydroxylation is 1. The number of pyridine rings is 1. The van der Waals surface area contributed by atoms with Crippen LogP contribution in [0, 0.1) is 0 Å². The van der Waals surface area contributed by atoms with Crippen LogP contribution in [0.5, 0.6) is 0 Å². The first-order valence-electron chi connectivity index (χ1n) is 11.9. The third-order valence-corrected chi connectivity index (χ3v) is 5.79. The van der Waals surface area contributed by atoms with Gasteiger partial charge in [0.05, 0.1) is 6.20 Å². The summed E-state index contributed by atoms with van der Waals surface area (Å²) in [5.41, 5.74) is 2.66. The number of hydrogen-bond donors (Lipinski definition) is 3. The van der Waals surface area contributed by atoms with Crippen molar-refractivity contribution in [3.8, 4) is 0 Å². The highest BCUT2D eigenvalue weighted by atomic mass is 19.4. The molecule has 0 saturated carbocycles. The molecule has 0 bridgehead atoms. The molecule has 3 N–H and O–H groups in total. The molecule has 2 fully saturated rings. The van der Waals surface area contributed by atoms with Crippen molar-refractivity contribution in [2.75, 3.05) is 13.1 Å². The van der Waals surface area contributed by atoms with Crippen LogP contribution in [0.2, 0.25) is 0 Å². The van der Waals surface area contributed by atoms with E-state index in [2.05, 4.69) is 32.1 Å². The second-order valence-corrected chi connectivity index (χ2v) is 8.95. The quantitative estimate of drug-likeness (QED) is 0.424. The molecule has 0 spiro atoms. The van der Waals surface area contributed by atoms with Gasteiger partial charge in [-0.25, -0.2) is 14.4 Å². The zero-order chi connectivity index (χ0) is 33.2. The summed E-state index contributed by atoms with van der Waals surface area (Å²) in [5.74, 6) is -8.27. The van der Waals surface area contributed by atoms with Crippen LogP contribution in [0.3, 0.4) is 0 Å². The van der Waals surface area contributed by atoms with E-state index in [4.69, 9.17) is 29.7 Å². The molecule has 43 heavy (non-hydrogen) atoms. The van der Waals surface area contributed by atoms with Crippen molar-refractivity contribution in [3.63, 3.8) is 0 Å². The number of carboxylic acids is 3. The topological polar surface area (TPSA) is 149 Å². The van der Waals surface area contributed by atoms with Crippen LogP contribution in [0.25, 0.3) is 0 Å². The van der Waals surface area contributed by atoms with Crippen molar-refractivity contribution in [2.24, 2.45) is 7.05 Å². The standard InChI is InChI=1S/C17H23N5.3C2HF3O2/c1-20-11-15(10-19-20)13-22-8-5-16-17(22)4-7-21(16)12-14-3-2-6-18-9-14;3*3-2(4,5)1(6)7/h2-3,6,9-11,16-17H,4-5,7-8,12-13H2,1H3;3*(H,6,7)/t16-,17+;;;/m1.../s1. The van der Waals surface area contributed by atoms with Crippen molar-refractivity contribution in [3.05, 3.63) is 48.0 Å². The van der Waals surface area contributed by atoms with Crippen LogP contribution in [0.1, 0.15) is 24.0 Å². The maximum atomic E-state index is 10.6. The SMILES string of the molecule is Cn1cc(CN2CC[C@@H]3[C@@H]2CCN3Cc2cccnc2)cn1.O=C(O)C(F)(F)F.O=C(O)C(F)(F)F.O=C(O)C(F)(F)F. The Kier molecular flexibility index (Phi) is 13.4. The largest absolute Gasteiger partial charge is 0.490 e. The molecule has 2 aromatic heterocycles. The van der Waals surface area contributed by atoms with Crippen LogP contribution < -0.4 is 0 Å². The molecule has 4 rings (SSSR count). The Morgan fingerprint density at radius 1 is 0.767 bits per heavy atom. The first kappa shape index (κ1) is 37.1.